The molecule has 1 aromatic carbocycles. The fraction of sp³-hybridized carbons (Fsp3) is 0.417. The number of rotatable bonds is 3. The van der Waals surface area contributed by atoms with Crippen molar-refractivity contribution < 1.29 is 4.79 Å². The van der Waals surface area contributed by atoms with Crippen LogP contribution in [0.2, 0.25) is 10.0 Å². The van der Waals surface area contributed by atoms with Gasteiger partial charge < -0.3 is 10.6 Å². The van der Waals surface area contributed by atoms with Crippen molar-refractivity contribution in [3.8, 4) is 0 Å². The maximum Gasteiger partial charge on any atom is 0.227 e. The summed E-state index contributed by atoms with van der Waals surface area (Å²) in [5.41, 5.74) is 0.477. The third-order valence-electron chi connectivity index (χ3n) is 3.19. The van der Waals surface area contributed by atoms with Crippen LogP contribution in [0.4, 0.5) is 5.69 Å². The molecule has 1 unspecified atom stereocenters. The van der Waals surface area contributed by atoms with E-state index < -0.39 is 0 Å². The lowest BCUT2D eigenvalue weighted by Crippen LogP contribution is -2.48. The maximum absolute atomic E-state index is 12.1. The van der Waals surface area contributed by atoms with Gasteiger partial charge in [-0.15, -0.1) is 0 Å². The predicted molar refractivity (Wildman–Crippen MR) is 78.3 cm³/mol. The summed E-state index contributed by atoms with van der Waals surface area (Å²) in [4.78, 5) is 12.1. The van der Waals surface area contributed by atoms with Crippen LogP contribution in [0.15, 0.2) is 16.6 Å². The van der Waals surface area contributed by atoms with Gasteiger partial charge in [0.05, 0.1) is 15.7 Å². The van der Waals surface area contributed by atoms with Crippen LogP contribution < -0.4 is 10.6 Å². The number of amides is 1. The Hall–Kier alpha value is -0.290. The molecule has 1 fully saturated rings. The second-order valence-corrected chi connectivity index (χ2v) is 6.17. The Morgan fingerprint density at radius 2 is 2.00 bits per heavy atom. The number of anilines is 1. The second-order valence-electron chi connectivity index (χ2n) is 4.44. The molecule has 98 valence electrons. The first-order valence-corrected chi connectivity index (χ1v) is 7.20. The average molecular weight is 352 g/mol. The molecule has 0 bridgehead atoms. The zero-order valence-corrected chi connectivity index (χ0v) is 12.9. The molecule has 18 heavy (non-hydrogen) atoms. The Labute approximate surface area is 124 Å². The number of hydrogen-bond acceptors (Lipinski definition) is 2. The van der Waals surface area contributed by atoms with E-state index in [0.29, 0.717) is 21.7 Å². The van der Waals surface area contributed by atoms with Gasteiger partial charge in [0, 0.05) is 10.4 Å². The monoisotopic (exact) mass is 350 g/mol. The number of benzene rings is 1. The summed E-state index contributed by atoms with van der Waals surface area (Å²) >= 11 is 15.4. The molecular formula is C12H13BrCl2N2O. The van der Waals surface area contributed by atoms with E-state index in [9.17, 15) is 4.79 Å². The molecule has 0 aliphatic carbocycles. The van der Waals surface area contributed by atoms with E-state index >= 15 is 0 Å². The molecule has 1 saturated heterocycles. The summed E-state index contributed by atoms with van der Waals surface area (Å²) in [7, 11) is 0. The minimum atomic E-state index is -0.0537. The van der Waals surface area contributed by atoms with E-state index in [4.69, 9.17) is 23.2 Å². The second kappa shape index (κ2) is 5.78. The van der Waals surface area contributed by atoms with Crippen molar-refractivity contribution in [2.45, 2.75) is 6.92 Å². The first-order chi connectivity index (χ1) is 8.49. The molecular weight excluding hydrogens is 339 g/mol. The maximum atomic E-state index is 12.1. The van der Waals surface area contributed by atoms with Crippen molar-refractivity contribution in [2.24, 2.45) is 11.8 Å². The molecule has 1 amide bonds. The Kier molecular flexibility index (Phi) is 4.54. The fourth-order valence-corrected chi connectivity index (χ4v) is 3.08. The van der Waals surface area contributed by atoms with Crippen LogP contribution in [-0.2, 0) is 4.79 Å². The summed E-state index contributed by atoms with van der Waals surface area (Å²) in [5.74, 6) is 0.285. The standard InChI is InChI=1S/C12H13BrCl2N2O/c1-6(7-4-16-5-7)12(18)17-11-9(14)2-8(13)3-10(11)15/h2-3,6-7,16H,4-5H2,1H3,(H,17,18). The van der Waals surface area contributed by atoms with Crippen LogP contribution >= 0.6 is 39.1 Å². The van der Waals surface area contributed by atoms with Gasteiger partial charge in [-0.1, -0.05) is 46.1 Å². The Morgan fingerprint density at radius 3 is 2.44 bits per heavy atom. The highest BCUT2D eigenvalue weighted by Crippen LogP contribution is 2.34. The number of hydrogen-bond donors (Lipinski definition) is 2. The SMILES string of the molecule is CC(C(=O)Nc1c(Cl)cc(Br)cc1Cl)C1CNC1. The van der Waals surface area contributed by atoms with Crippen molar-refractivity contribution in [1.29, 1.82) is 0 Å². The molecule has 6 heteroatoms. The molecule has 1 aliphatic heterocycles. The van der Waals surface area contributed by atoms with Crippen LogP contribution in [0, 0.1) is 11.8 Å². The van der Waals surface area contributed by atoms with Crippen molar-refractivity contribution in [3.05, 3.63) is 26.7 Å². The molecule has 1 aromatic rings. The highest BCUT2D eigenvalue weighted by atomic mass is 79.9. The Bertz CT molecular complexity index is 454. The molecule has 0 saturated carbocycles. The first kappa shape index (κ1) is 14.1. The van der Waals surface area contributed by atoms with E-state index in [2.05, 4.69) is 26.6 Å². The van der Waals surface area contributed by atoms with Crippen molar-refractivity contribution in [3.63, 3.8) is 0 Å². The molecule has 3 nitrogen and oxygen atoms in total. The van der Waals surface area contributed by atoms with Gasteiger partial charge in [-0.2, -0.15) is 0 Å². The number of halogens is 3. The zero-order chi connectivity index (χ0) is 13.3. The average Bonchev–Trinajstić information content (AvgIpc) is 2.20. The summed E-state index contributed by atoms with van der Waals surface area (Å²) in [6.07, 6.45) is 0. The fourth-order valence-electron chi connectivity index (χ4n) is 1.78. The topological polar surface area (TPSA) is 41.1 Å². The third-order valence-corrected chi connectivity index (χ3v) is 4.24. The highest BCUT2D eigenvalue weighted by Gasteiger charge is 2.29. The van der Waals surface area contributed by atoms with Crippen LogP contribution in [0.3, 0.4) is 0 Å². The molecule has 2 rings (SSSR count). The van der Waals surface area contributed by atoms with Gasteiger partial charge in [0.15, 0.2) is 0 Å². The summed E-state index contributed by atoms with van der Waals surface area (Å²) in [5, 5.41) is 6.82. The van der Waals surface area contributed by atoms with Gasteiger partial charge in [-0.05, 0) is 31.1 Å². The van der Waals surface area contributed by atoms with Crippen LogP contribution in [0.25, 0.3) is 0 Å². The van der Waals surface area contributed by atoms with Gasteiger partial charge in [0.2, 0.25) is 5.91 Å². The van der Waals surface area contributed by atoms with Gasteiger partial charge in [0.25, 0.3) is 0 Å². The summed E-state index contributed by atoms with van der Waals surface area (Å²) in [6, 6.07) is 3.41. The molecule has 0 aromatic heterocycles. The van der Waals surface area contributed by atoms with Crippen molar-refractivity contribution in [1.82, 2.24) is 5.32 Å². The van der Waals surface area contributed by atoms with Gasteiger partial charge in [-0.25, -0.2) is 0 Å². The van der Waals surface area contributed by atoms with E-state index in [1.807, 2.05) is 6.92 Å². The van der Waals surface area contributed by atoms with E-state index in [0.717, 1.165) is 17.6 Å². The van der Waals surface area contributed by atoms with Crippen molar-refractivity contribution >= 4 is 50.7 Å². The largest absolute Gasteiger partial charge is 0.323 e. The lowest BCUT2D eigenvalue weighted by molar-refractivity contribution is -0.121. The molecule has 1 heterocycles. The van der Waals surface area contributed by atoms with Crippen LogP contribution in [0.1, 0.15) is 6.92 Å². The molecule has 1 atom stereocenters. The smallest absolute Gasteiger partial charge is 0.227 e. The van der Waals surface area contributed by atoms with E-state index in [-0.39, 0.29) is 11.8 Å². The van der Waals surface area contributed by atoms with Gasteiger partial charge in [0.1, 0.15) is 0 Å². The lowest BCUT2D eigenvalue weighted by Gasteiger charge is -2.31. The zero-order valence-electron chi connectivity index (χ0n) is 9.77. The van der Waals surface area contributed by atoms with Gasteiger partial charge >= 0.3 is 0 Å². The minimum absolute atomic E-state index is 0.0485. The number of nitrogens with one attached hydrogen (secondary N) is 2. The molecule has 2 N–H and O–H groups in total. The lowest BCUT2D eigenvalue weighted by atomic mass is 9.88. The number of carbonyl (C=O) groups excluding carboxylic acids is 1. The van der Waals surface area contributed by atoms with Crippen molar-refractivity contribution in [2.75, 3.05) is 18.4 Å². The number of carbonyl (C=O) groups is 1. The minimum Gasteiger partial charge on any atom is -0.323 e. The van der Waals surface area contributed by atoms with Gasteiger partial charge in [-0.3, -0.25) is 4.79 Å². The highest BCUT2D eigenvalue weighted by molar-refractivity contribution is 9.10. The molecule has 0 spiro atoms. The molecule has 1 aliphatic rings. The quantitative estimate of drug-likeness (QED) is 0.874. The predicted octanol–water partition coefficient (Wildman–Crippen LogP) is 3.55. The van der Waals surface area contributed by atoms with Crippen LogP contribution in [0.5, 0.6) is 0 Å². The summed E-state index contributed by atoms with van der Waals surface area (Å²) < 4.78 is 0.784. The normalized spacial score (nSPS) is 17.1. The van der Waals surface area contributed by atoms with E-state index in [1.54, 1.807) is 12.1 Å². The first-order valence-electron chi connectivity index (χ1n) is 5.65. The van der Waals surface area contributed by atoms with E-state index in [1.165, 1.54) is 0 Å². The van der Waals surface area contributed by atoms with Crippen LogP contribution in [-0.4, -0.2) is 19.0 Å². The third kappa shape index (κ3) is 2.99. The Balaban J connectivity index is 2.11. The Morgan fingerprint density at radius 1 is 1.44 bits per heavy atom. The molecule has 0 radical (unpaired) electrons. The summed E-state index contributed by atoms with van der Waals surface area (Å²) in [6.45, 7) is 3.69.